The number of ether oxygens (including phenoxy) is 1. The van der Waals surface area contributed by atoms with Crippen molar-refractivity contribution < 1.29 is 4.74 Å². The van der Waals surface area contributed by atoms with Gasteiger partial charge in [0, 0.05) is 25.2 Å². The van der Waals surface area contributed by atoms with Gasteiger partial charge in [-0.15, -0.1) is 0 Å². The Morgan fingerprint density at radius 3 is 2.79 bits per heavy atom. The van der Waals surface area contributed by atoms with Crippen molar-refractivity contribution in [1.29, 1.82) is 0 Å². The van der Waals surface area contributed by atoms with E-state index >= 15 is 0 Å². The predicted molar refractivity (Wildman–Crippen MR) is 83.1 cm³/mol. The molecule has 2 rings (SSSR count). The molecule has 1 heterocycles. The quantitative estimate of drug-likeness (QED) is 0.862. The Labute approximate surface area is 119 Å². The molecule has 1 aromatic rings. The molecule has 0 saturated carbocycles. The molecule has 1 fully saturated rings. The lowest BCUT2D eigenvalue weighted by Gasteiger charge is -2.16. The van der Waals surface area contributed by atoms with Crippen LogP contribution in [0, 0.1) is 0 Å². The van der Waals surface area contributed by atoms with E-state index in [1.807, 2.05) is 24.3 Å². The van der Waals surface area contributed by atoms with E-state index in [2.05, 4.69) is 22.1 Å². The molecule has 1 aromatic carbocycles. The number of methoxy groups -OCH3 is 1. The van der Waals surface area contributed by atoms with Gasteiger partial charge < -0.3 is 15.0 Å². The highest BCUT2D eigenvalue weighted by molar-refractivity contribution is 7.80. The highest BCUT2D eigenvalue weighted by atomic mass is 32.1. The van der Waals surface area contributed by atoms with Crippen LogP contribution < -0.4 is 10.1 Å². The van der Waals surface area contributed by atoms with Crippen LogP contribution in [0.5, 0.6) is 5.75 Å². The second-order valence-corrected chi connectivity index (χ2v) is 4.76. The Hall–Kier alpha value is -1.62. The lowest BCUT2D eigenvalue weighted by Crippen LogP contribution is -2.25. The highest BCUT2D eigenvalue weighted by Gasteiger charge is 2.16. The molecule has 1 N–H and O–H groups in total. The van der Waals surface area contributed by atoms with E-state index in [1.54, 1.807) is 7.11 Å². The van der Waals surface area contributed by atoms with Crippen molar-refractivity contribution in [3.63, 3.8) is 0 Å². The minimum atomic E-state index is 0.514. The summed E-state index contributed by atoms with van der Waals surface area (Å²) >= 11 is 5.28. The number of likely N-dealkylation sites (tertiary alicyclic amines) is 1. The lowest BCUT2D eigenvalue weighted by atomic mass is 10.3. The zero-order valence-corrected chi connectivity index (χ0v) is 12.2. The maximum absolute atomic E-state index is 5.28. The summed E-state index contributed by atoms with van der Waals surface area (Å²) in [4.78, 5) is 6.76. The first kappa shape index (κ1) is 13.8. The Morgan fingerprint density at radius 2 is 2.16 bits per heavy atom. The highest BCUT2D eigenvalue weighted by Crippen LogP contribution is 2.16. The van der Waals surface area contributed by atoms with Crippen molar-refractivity contribution in [3.05, 3.63) is 24.3 Å². The van der Waals surface area contributed by atoms with Crippen LogP contribution in [0.1, 0.15) is 19.8 Å². The summed E-state index contributed by atoms with van der Waals surface area (Å²) in [5, 5.41) is 3.64. The van der Waals surface area contributed by atoms with Crippen LogP contribution in [0.3, 0.4) is 0 Å². The molecule has 0 amide bonds. The molecule has 0 bridgehead atoms. The fraction of sp³-hybridized carbons (Fsp3) is 0.429. The first-order valence-corrected chi connectivity index (χ1v) is 6.91. The normalized spacial score (nSPS) is 16.7. The van der Waals surface area contributed by atoms with Gasteiger partial charge in [-0.1, -0.05) is 0 Å². The molecule has 19 heavy (non-hydrogen) atoms. The summed E-state index contributed by atoms with van der Waals surface area (Å²) in [6.45, 7) is 4.21. The number of anilines is 1. The second-order valence-electron chi connectivity index (χ2n) is 4.37. The van der Waals surface area contributed by atoms with E-state index < -0.39 is 0 Å². The third-order valence-corrected chi connectivity index (χ3v) is 3.34. The minimum Gasteiger partial charge on any atom is -0.497 e. The maximum atomic E-state index is 5.28. The van der Waals surface area contributed by atoms with Crippen molar-refractivity contribution in [3.8, 4) is 5.75 Å². The Kier molecular flexibility index (Phi) is 4.74. The van der Waals surface area contributed by atoms with Crippen molar-refractivity contribution in [2.45, 2.75) is 19.8 Å². The average molecular weight is 277 g/mol. The number of nitrogens with zero attached hydrogens (tertiary/aromatic N) is 2. The molecule has 0 unspecified atom stereocenters. The zero-order valence-electron chi connectivity index (χ0n) is 11.3. The molecule has 102 valence electrons. The van der Waals surface area contributed by atoms with Gasteiger partial charge in [-0.3, -0.25) is 0 Å². The van der Waals surface area contributed by atoms with Crippen LogP contribution >= 0.6 is 12.2 Å². The molecule has 1 aliphatic heterocycles. The summed E-state index contributed by atoms with van der Waals surface area (Å²) in [6, 6.07) is 7.65. The predicted octanol–water partition coefficient (Wildman–Crippen LogP) is 2.91. The van der Waals surface area contributed by atoms with E-state index in [4.69, 9.17) is 17.0 Å². The van der Waals surface area contributed by atoms with Crippen molar-refractivity contribution in [1.82, 2.24) is 4.90 Å². The van der Waals surface area contributed by atoms with Crippen LogP contribution in [-0.4, -0.2) is 36.0 Å². The van der Waals surface area contributed by atoms with Gasteiger partial charge in [-0.2, -0.15) is 0 Å². The molecule has 0 spiro atoms. The number of thiocarbonyl (C=S) groups is 1. The molecule has 0 radical (unpaired) electrons. The van der Waals surface area contributed by atoms with Gasteiger partial charge in [0.2, 0.25) is 0 Å². The van der Waals surface area contributed by atoms with Crippen LogP contribution in [-0.2, 0) is 0 Å². The summed E-state index contributed by atoms with van der Waals surface area (Å²) in [6.07, 6.45) is 2.18. The van der Waals surface area contributed by atoms with Crippen molar-refractivity contribution in [2.24, 2.45) is 4.99 Å². The third-order valence-electron chi connectivity index (χ3n) is 3.15. The van der Waals surface area contributed by atoms with Crippen molar-refractivity contribution in [2.75, 3.05) is 25.5 Å². The third kappa shape index (κ3) is 3.67. The standard InChI is InChI=1S/C14H19N3OS/c1-3-17-10-4-5-13(17)16-14(19)15-11-6-8-12(18-2)9-7-11/h6-9H,3-5,10H2,1-2H3,(H,15,19). The van der Waals surface area contributed by atoms with E-state index in [1.165, 1.54) is 0 Å². The lowest BCUT2D eigenvalue weighted by molar-refractivity contribution is 0.415. The van der Waals surface area contributed by atoms with Crippen molar-refractivity contribution >= 4 is 28.9 Å². The summed E-state index contributed by atoms with van der Waals surface area (Å²) in [5.74, 6) is 1.92. The molecular weight excluding hydrogens is 258 g/mol. The van der Waals surface area contributed by atoms with Crippen LogP contribution in [0.15, 0.2) is 29.3 Å². The summed E-state index contributed by atoms with van der Waals surface area (Å²) in [7, 11) is 1.65. The Morgan fingerprint density at radius 1 is 1.42 bits per heavy atom. The van der Waals surface area contributed by atoms with E-state index in [0.29, 0.717) is 5.11 Å². The fourth-order valence-electron chi connectivity index (χ4n) is 2.13. The Bertz CT molecular complexity index is 470. The van der Waals surface area contributed by atoms with E-state index in [9.17, 15) is 0 Å². The molecule has 0 aliphatic carbocycles. The van der Waals surface area contributed by atoms with Gasteiger partial charge >= 0.3 is 0 Å². The second kappa shape index (κ2) is 6.52. The largest absolute Gasteiger partial charge is 0.497 e. The topological polar surface area (TPSA) is 36.9 Å². The first-order chi connectivity index (χ1) is 9.22. The fourth-order valence-corrected chi connectivity index (χ4v) is 2.35. The molecule has 4 nitrogen and oxygen atoms in total. The molecule has 5 heteroatoms. The van der Waals surface area contributed by atoms with E-state index in [0.717, 1.165) is 43.2 Å². The number of aliphatic imine (C=N–C) groups is 1. The SMILES string of the molecule is CCN1CCCC1=NC(=S)Nc1ccc(OC)cc1. The maximum Gasteiger partial charge on any atom is 0.198 e. The molecule has 0 atom stereocenters. The average Bonchev–Trinajstić information content (AvgIpc) is 2.86. The zero-order chi connectivity index (χ0) is 13.7. The van der Waals surface area contributed by atoms with E-state index in [-0.39, 0.29) is 0 Å². The number of hydrogen-bond acceptors (Lipinski definition) is 2. The van der Waals surface area contributed by atoms with Gasteiger partial charge in [-0.25, -0.2) is 4.99 Å². The smallest absolute Gasteiger partial charge is 0.198 e. The molecule has 1 aliphatic rings. The van der Waals surface area contributed by atoms with Gasteiger partial charge in [0.15, 0.2) is 5.11 Å². The number of benzene rings is 1. The van der Waals surface area contributed by atoms with Gasteiger partial charge in [0.25, 0.3) is 0 Å². The first-order valence-electron chi connectivity index (χ1n) is 6.50. The van der Waals surface area contributed by atoms with Crippen LogP contribution in [0.2, 0.25) is 0 Å². The van der Waals surface area contributed by atoms with Gasteiger partial charge in [0.1, 0.15) is 11.6 Å². The number of amidine groups is 1. The summed E-state index contributed by atoms with van der Waals surface area (Å²) in [5.41, 5.74) is 0.927. The summed E-state index contributed by atoms with van der Waals surface area (Å²) < 4.78 is 5.12. The monoisotopic (exact) mass is 277 g/mol. The number of hydrogen-bond donors (Lipinski definition) is 1. The molecule has 0 aromatic heterocycles. The van der Waals surface area contributed by atoms with Crippen LogP contribution in [0.4, 0.5) is 5.69 Å². The van der Waals surface area contributed by atoms with Crippen LogP contribution in [0.25, 0.3) is 0 Å². The molecular formula is C14H19N3OS. The Balaban J connectivity index is 1.98. The number of nitrogens with one attached hydrogen (secondary N) is 1. The molecule has 1 saturated heterocycles. The number of rotatable bonds is 3. The van der Waals surface area contributed by atoms with Gasteiger partial charge in [0.05, 0.1) is 7.11 Å². The minimum absolute atomic E-state index is 0.514. The van der Waals surface area contributed by atoms with Gasteiger partial charge in [-0.05, 0) is 49.8 Å².